The number of aromatic nitrogens is 1. The summed E-state index contributed by atoms with van der Waals surface area (Å²) in [7, 11) is -1.74. The fourth-order valence-electron chi connectivity index (χ4n) is 3.99. The number of rotatable bonds is 7. The fraction of sp³-hybridized carbons (Fsp3) is 0.308. The number of aryl methyl sites for hydroxylation is 2. The number of carbonyl (C=O) groups is 1. The number of hydrogen-bond donors (Lipinski definition) is 2. The molecule has 3 aromatic rings. The van der Waals surface area contributed by atoms with E-state index in [1.54, 1.807) is 31.3 Å². The number of pyridine rings is 1. The molecule has 0 unspecified atom stereocenters. The van der Waals surface area contributed by atoms with Gasteiger partial charge in [0.15, 0.2) is 0 Å². The monoisotopic (exact) mass is 493 g/mol. The molecular formula is C26H31N5O3S. The van der Waals surface area contributed by atoms with Gasteiger partial charge in [0, 0.05) is 55.7 Å². The van der Waals surface area contributed by atoms with Gasteiger partial charge >= 0.3 is 0 Å². The second-order valence-corrected chi connectivity index (χ2v) is 10.6. The zero-order chi connectivity index (χ0) is 25.0. The van der Waals surface area contributed by atoms with Crippen molar-refractivity contribution < 1.29 is 13.2 Å². The highest BCUT2D eigenvalue weighted by atomic mass is 32.2. The largest absolute Gasteiger partial charge is 0.354 e. The van der Waals surface area contributed by atoms with Crippen LogP contribution in [0.2, 0.25) is 0 Å². The van der Waals surface area contributed by atoms with Gasteiger partial charge in [0.25, 0.3) is 15.9 Å². The lowest BCUT2D eigenvalue weighted by Gasteiger charge is -2.34. The third-order valence-corrected chi connectivity index (χ3v) is 7.56. The number of amides is 1. The van der Waals surface area contributed by atoms with Gasteiger partial charge in [-0.15, -0.1) is 0 Å². The highest BCUT2D eigenvalue weighted by molar-refractivity contribution is 7.92. The van der Waals surface area contributed by atoms with Crippen molar-refractivity contribution in [3.8, 4) is 0 Å². The van der Waals surface area contributed by atoms with Gasteiger partial charge in [-0.1, -0.05) is 29.8 Å². The number of sulfonamides is 1. The lowest BCUT2D eigenvalue weighted by molar-refractivity contribution is 0.0950. The lowest BCUT2D eigenvalue weighted by Crippen LogP contribution is -2.45. The average molecular weight is 494 g/mol. The van der Waals surface area contributed by atoms with Crippen LogP contribution in [0.1, 0.15) is 27.0 Å². The Bertz CT molecular complexity index is 1300. The van der Waals surface area contributed by atoms with E-state index in [0.29, 0.717) is 23.4 Å². The van der Waals surface area contributed by atoms with Crippen molar-refractivity contribution in [3.63, 3.8) is 0 Å². The van der Waals surface area contributed by atoms with Crippen LogP contribution in [0.15, 0.2) is 65.7 Å². The number of hydrogen-bond acceptors (Lipinski definition) is 6. The van der Waals surface area contributed by atoms with Crippen LogP contribution in [0.4, 0.5) is 11.5 Å². The summed E-state index contributed by atoms with van der Waals surface area (Å²) in [5.41, 5.74) is 3.44. The molecule has 1 aromatic heterocycles. The van der Waals surface area contributed by atoms with Gasteiger partial charge in [0.2, 0.25) is 0 Å². The van der Waals surface area contributed by atoms with E-state index in [-0.39, 0.29) is 10.8 Å². The van der Waals surface area contributed by atoms with Gasteiger partial charge in [-0.05, 0) is 56.8 Å². The normalized spacial score (nSPS) is 14.5. The van der Waals surface area contributed by atoms with Crippen molar-refractivity contribution in [2.75, 3.05) is 42.8 Å². The number of carbonyl (C=O) groups excluding carboxylic acids is 1. The summed E-state index contributed by atoms with van der Waals surface area (Å²) in [6.45, 7) is 7.69. The summed E-state index contributed by atoms with van der Waals surface area (Å²) in [4.78, 5) is 22.2. The maximum absolute atomic E-state index is 13.1. The first kappa shape index (κ1) is 24.7. The zero-order valence-electron chi connectivity index (χ0n) is 20.3. The molecule has 0 aliphatic carbocycles. The second kappa shape index (κ2) is 10.5. The number of benzene rings is 2. The van der Waals surface area contributed by atoms with E-state index < -0.39 is 10.0 Å². The molecule has 0 radical (unpaired) electrons. The standard InChI is InChI=1S/C26H31N5O3S/c1-19-6-9-22(10-7-19)29-35(33,34)23-11-8-20(2)24(17-23)26(32)28-18-21-5-4-12-27-25(21)31-15-13-30(3)14-16-31/h4-12,17,29H,13-16,18H2,1-3H3,(H,28,32). The van der Waals surface area contributed by atoms with Gasteiger partial charge in [-0.25, -0.2) is 13.4 Å². The highest BCUT2D eigenvalue weighted by Gasteiger charge is 2.20. The van der Waals surface area contributed by atoms with E-state index in [9.17, 15) is 13.2 Å². The molecule has 1 saturated heterocycles. The summed E-state index contributed by atoms with van der Waals surface area (Å²) in [5.74, 6) is 0.541. The maximum Gasteiger partial charge on any atom is 0.261 e. The third-order valence-electron chi connectivity index (χ3n) is 6.18. The average Bonchev–Trinajstić information content (AvgIpc) is 2.85. The quantitative estimate of drug-likeness (QED) is 0.525. The number of nitrogens with one attached hydrogen (secondary N) is 2. The molecule has 9 heteroatoms. The first-order valence-electron chi connectivity index (χ1n) is 11.6. The smallest absolute Gasteiger partial charge is 0.261 e. The van der Waals surface area contributed by atoms with Gasteiger partial charge in [-0.2, -0.15) is 0 Å². The van der Waals surface area contributed by atoms with Gasteiger partial charge in [0.05, 0.1) is 4.90 Å². The Morgan fingerprint density at radius 3 is 2.43 bits per heavy atom. The molecule has 1 aliphatic heterocycles. The molecule has 1 amide bonds. The minimum absolute atomic E-state index is 0.0355. The van der Waals surface area contributed by atoms with Crippen LogP contribution in [0.5, 0.6) is 0 Å². The first-order valence-corrected chi connectivity index (χ1v) is 13.1. The first-order chi connectivity index (χ1) is 16.7. The van der Waals surface area contributed by atoms with E-state index in [4.69, 9.17) is 0 Å². The van der Waals surface area contributed by atoms with Crippen LogP contribution < -0.4 is 14.9 Å². The van der Waals surface area contributed by atoms with Crippen molar-refractivity contribution in [3.05, 3.63) is 83.0 Å². The molecule has 0 atom stereocenters. The van der Waals surface area contributed by atoms with Crippen molar-refractivity contribution in [1.82, 2.24) is 15.2 Å². The van der Waals surface area contributed by atoms with E-state index in [0.717, 1.165) is 43.1 Å². The number of nitrogens with zero attached hydrogens (tertiary/aromatic N) is 3. The molecule has 0 saturated carbocycles. The van der Waals surface area contributed by atoms with Crippen molar-refractivity contribution in [2.45, 2.75) is 25.3 Å². The fourth-order valence-corrected chi connectivity index (χ4v) is 5.07. The summed E-state index contributed by atoms with van der Waals surface area (Å²) in [6.07, 6.45) is 1.76. The molecule has 1 fully saturated rings. The zero-order valence-corrected chi connectivity index (χ0v) is 21.1. The molecule has 4 rings (SSSR count). The van der Waals surface area contributed by atoms with Gasteiger partial charge in [0.1, 0.15) is 5.82 Å². The molecule has 2 heterocycles. The van der Waals surface area contributed by atoms with Gasteiger partial charge < -0.3 is 15.1 Å². The van der Waals surface area contributed by atoms with E-state index in [1.807, 2.05) is 31.2 Å². The summed E-state index contributed by atoms with van der Waals surface area (Å²) < 4.78 is 28.4. The van der Waals surface area contributed by atoms with Crippen LogP contribution in [0.25, 0.3) is 0 Å². The Hall–Kier alpha value is -3.43. The summed E-state index contributed by atoms with van der Waals surface area (Å²) in [5, 5.41) is 2.95. The molecule has 0 bridgehead atoms. The second-order valence-electron chi connectivity index (χ2n) is 8.91. The van der Waals surface area contributed by atoms with Crippen molar-refractivity contribution in [1.29, 1.82) is 0 Å². The Morgan fingerprint density at radius 2 is 1.71 bits per heavy atom. The third kappa shape index (κ3) is 5.98. The summed E-state index contributed by atoms with van der Waals surface area (Å²) in [6, 6.07) is 15.5. The molecule has 0 spiro atoms. The summed E-state index contributed by atoms with van der Waals surface area (Å²) >= 11 is 0. The molecule has 1 aliphatic rings. The van der Waals surface area contributed by atoms with E-state index in [2.05, 4.69) is 31.9 Å². The molecule has 35 heavy (non-hydrogen) atoms. The highest BCUT2D eigenvalue weighted by Crippen LogP contribution is 2.21. The Balaban J connectivity index is 1.49. The number of piperazine rings is 1. The van der Waals surface area contributed by atoms with E-state index >= 15 is 0 Å². The van der Waals surface area contributed by atoms with Gasteiger partial charge in [-0.3, -0.25) is 9.52 Å². The number of likely N-dealkylation sites (N-methyl/N-ethyl adjacent to an activating group) is 1. The SMILES string of the molecule is Cc1ccc(NS(=O)(=O)c2ccc(C)c(C(=O)NCc3cccnc3N3CCN(C)CC3)c2)cc1. The molecule has 8 nitrogen and oxygen atoms in total. The van der Waals surface area contributed by atoms with Crippen LogP contribution in [0, 0.1) is 13.8 Å². The molecule has 2 N–H and O–H groups in total. The van der Waals surface area contributed by atoms with Crippen LogP contribution >= 0.6 is 0 Å². The molecule has 184 valence electrons. The van der Waals surface area contributed by atoms with Crippen molar-refractivity contribution in [2.24, 2.45) is 0 Å². The molecule has 2 aromatic carbocycles. The van der Waals surface area contributed by atoms with Crippen LogP contribution in [0.3, 0.4) is 0 Å². The van der Waals surface area contributed by atoms with Crippen LogP contribution in [-0.4, -0.2) is 57.4 Å². The predicted octanol–water partition coefficient (Wildman–Crippen LogP) is 3.18. The minimum Gasteiger partial charge on any atom is -0.354 e. The topological polar surface area (TPSA) is 94.6 Å². The number of anilines is 2. The lowest BCUT2D eigenvalue weighted by atomic mass is 10.1. The maximum atomic E-state index is 13.1. The predicted molar refractivity (Wildman–Crippen MR) is 138 cm³/mol. The Morgan fingerprint density at radius 1 is 1.00 bits per heavy atom. The van der Waals surface area contributed by atoms with E-state index in [1.165, 1.54) is 12.1 Å². The Labute approximate surface area is 207 Å². The minimum atomic E-state index is -3.84. The van der Waals surface area contributed by atoms with Crippen molar-refractivity contribution >= 4 is 27.4 Å². The molecular weight excluding hydrogens is 462 g/mol. The van der Waals surface area contributed by atoms with Crippen LogP contribution in [-0.2, 0) is 16.6 Å². The Kier molecular flexibility index (Phi) is 7.37.